The van der Waals surface area contributed by atoms with Crippen molar-refractivity contribution in [2.75, 3.05) is 0 Å². The number of hydrogen-bond acceptors (Lipinski definition) is 7. The van der Waals surface area contributed by atoms with Crippen LogP contribution in [0.5, 0.6) is 0 Å². The number of aromatic nitrogens is 2. The first-order valence-corrected chi connectivity index (χ1v) is 13.2. The lowest BCUT2D eigenvalue weighted by atomic mass is 9.99. The molecule has 1 aromatic carbocycles. The van der Waals surface area contributed by atoms with Crippen LogP contribution in [-0.4, -0.2) is 36.4 Å². The first kappa shape index (κ1) is 28.3. The second kappa shape index (κ2) is 11.9. The molecule has 1 amide bonds. The number of benzene rings is 1. The van der Waals surface area contributed by atoms with E-state index in [-0.39, 0.29) is 45.1 Å². The molecule has 0 spiro atoms. The van der Waals surface area contributed by atoms with Crippen LogP contribution in [0, 0.1) is 11.7 Å². The highest BCUT2D eigenvalue weighted by Crippen LogP contribution is 2.56. The fourth-order valence-corrected chi connectivity index (χ4v) is 5.18. The summed E-state index contributed by atoms with van der Waals surface area (Å²) < 4.78 is 49.2. The Labute approximate surface area is 222 Å². The molecule has 1 aliphatic heterocycles. The van der Waals surface area contributed by atoms with Crippen molar-refractivity contribution >= 4 is 58.9 Å². The van der Waals surface area contributed by atoms with Gasteiger partial charge < -0.3 is 4.74 Å². The van der Waals surface area contributed by atoms with Gasteiger partial charge in [0.1, 0.15) is 22.3 Å². The quantitative estimate of drug-likeness (QED) is 0.353. The van der Waals surface area contributed by atoms with Crippen molar-refractivity contribution in [3.63, 3.8) is 0 Å². The zero-order valence-corrected chi connectivity index (χ0v) is 22.7. The fourth-order valence-electron chi connectivity index (χ4n) is 3.41. The van der Waals surface area contributed by atoms with Crippen molar-refractivity contribution in [1.82, 2.24) is 14.3 Å². The van der Waals surface area contributed by atoms with Crippen molar-refractivity contribution in [2.24, 2.45) is 10.9 Å². The summed E-state index contributed by atoms with van der Waals surface area (Å²) in [4.78, 5) is 24.6. The molecular formula is C24H26ClF3N4O2S2. The van der Waals surface area contributed by atoms with Crippen LogP contribution in [-0.2, 0) is 4.74 Å². The molecule has 2 aliphatic rings. The van der Waals surface area contributed by atoms with E-state index in [9.17, 15) is 17.5 Å². The van der Waals surface area contributed by atoms with Gasteiger partial charge in [0.15, 0.2) is 23.3 Å². The van der Waals surface area contributed by atoms with E-state index in [0.717, 1.165) is 10.7 Å². The molecule has 3 atom stereocenters. The number of amides is 1. The van der Waals surface area contributed by atoms with Crippen molar-refractivity contribution in [2.45, 2.75) is 57.9 Å². The van der Waals surface area contributed by atoms with E-state index >= 15 is 0 Å². The third-order valence-electron chi connectivity index (χ3n) is 4.99. The van der Waals surface area contributed by atoms with Crippen molar-refractivity contribution in [1.29, 1.82) is 0 Å². The maximum atomic E-state index is 14.8. The molecule has 0 saturated heterocycles. The van der Waals surface area contributed by atoms with E-state index < -0.39 is 29.4 Å². The number of nitrogens with zero attached hydrogens (tertiary/aromatic N) is 4. The highest BCUT2D eigenvalue weighted by atomic mass is 35.5. The summed E-state index contributed by atoms with van der Waals surface area (Å²) in [6.07, 6.45) is 3.46. The number of halogens is 4. The number of amidine groups is 1. The number of ether oxygens (including phenoxy) is 1. The normalized spacial score (nSPS) is 21.0. The Bertz CT molecular complexity index is 1160. The van der Waals surface area contributed by atoms with Crippen molar-refractivity contribution in [3.05, 3.63) is 58.4 Å². The fraction of sp³-hybridized carbons (Fsp3) is 0.417. The Balaban J connectivity index is 0.00000176. The van der Waals surface area contributed by atoms with Crippen LogP contribution < -0.4 is 0 Å². The number of carbonyl (C=O) groups is 1. The van der Waals surface area contributed by atoms with Gasteiger partial charge in [-0.05, 0) is 56.9 Å². The minimum absolute atomic E-state index is 0.0140. The topological polar surface area (TPSA) is 67.7 Å². The summed E-state index contributed by atoms with van der Waals surface area (Å²) in [5, 5.41) is 0.304. The molecule has 2 heterocycles. The van der Waals surface area contributed by atoms with Gasteiger partial charge in [-0.15, -0.1) is 3.89 Å². The van der Waals surface area contributed by atoms with Crippen LogP contribution in [0.3, 0.4) is 0 Å². The molecule has 0 bridgehead atoms. The summed E-state index contributed by atoms with van der Waals surface area (Å²) in [6.45, 7) is 9.01. The van der Waals surface area contributed by atoms with E-state index in [2.05, 4.69) is 15.0 Å². The average molecular weight is 559 g/mol. The Morgan fingerprint density at radius 1 is 1.28 bits per heavy atom. The number of thioether (sulfide) groups is 1. The first-order chi connectivity index (χ1) is 17.1. The molecule has 0 radical (unpaired) electrons. The summed E-state index contributed by atoms with van der Waals surface area (Å²) in [6, 6.07) is 3.51. The lowest BCUT2D eigenvalue weighted by Gasteiger charge is -2.27. The molecule has 1 saturated carbocycles. The molecule has 194 valence electrons. The van der Waals surface area contributed by atoms with Crippen LogP contribution in [0.25, 0.3) is 11.9 Å². The predicted octanol–water partition coefficient (Wildman–Crippen LogP) is 8.07. The van der Waals surface area contributed by atoms with Gasteiger partial charge in [0.05, 0.1) is 18.4 Å². The Kier molecular flexibility index (Phi) is 9.34. The lowest BCUT2D eigenvalue weighted by Crippen LogP contribution is -2.36. The van der Waals surface area contributed by atoms with Crippen LogP contribution in [0.2, 0.25) is 5.15 Å². The molecule has 1 aromatic heterocycles. The number of hydrogen-bond donors (Lipinski definition) is 0. The van der Waals surface area contributed by atoms with E-state index in [0.29, 0.717) is 5.56 Å². The summed E-state index contributed by atoms with van der Waals surface area (Å²) >= 11 is 6.63. The maximum absolute atomic E-state index is 14.8. The molecule has 2 aromatic rings. The largest absolute Gasteiger partial charge is 0.443 e. The van der Waals surface area contributed by atoms with E-state index in [1.165, 1.54) is 48.4 Å². The van der Waals surface area contributed by atoms with Gasteiger partial charge in [-0.2, -0.15) is 4.31 Å². The average Bonchev–Trinajstić information content (AvgIpc) is 3.61. The van der Waals surface area contributed by atoms with Gasteiger partial charge in [-0.1, -0.05) is 43.3 Å². The zero-order valence-electron chi connectivity index (χ0n) is 20.3. The molecule has 3 unspecified atom stereocenters. The van der Waals surface area contributed by atoms with Gasteiger partial charge in [-0.3, -0.25) is 4.99 Å². The Hall–Kier alpha value is -2.24. The van der Waals surface area contributed by atoms with E-state index in [1.807, 2.05) is 13.8 Å². The molecule has 36 heavy (non-hydrogen) atoms. The second-order valence-corrected chi connectivity index (χ2v) is 10.9. The van der Waals surface area contributed by atoms with Gasteiger partial charge in [0.25, 0.3) is 0 Å². The third kappa shape index (κ3) is 6.95. The smallest absolute Gasteiger partial charge is 0.428 e. The van der Waals surface area contributed by atoms with Crippen molar-refractivity contribution in [3.8, 4) is 0 Å². The second-order valence-electron chi connectivity index (χ2n) is 8.75. The lowest BCUT2D eigenvalue weighted by molar-refractivity contribution is 0.0473. The minimum atomic E-state index is -0.896. The predicted molar refractivity (Wildman–Crippen MR) is 140 cm³/mol. The molecule has 12 heteroatoms. The van der Waals surface area contributed by atoms with Crippen molar-refractivity contribution < 1.29 is 22.2 Å². The van der Waals surface area contributed by atoms with Crippen LogP contribution in [0.1, 0.15) is 63.9 Å². The molecule has 0 N–H and O–H groups in total. The Morgan fingerprint density at radius 2 is 2.00 bits per heavy atom. The van der Waals surface area contributed by atoms with Crippen LogP contribution in [0.15, 0.2) is 35.6 Å². The van der Waals surface area contributed by atoms with Gasteiger partial charge in [-0.25, -0.2) is 23.5 Å². The minimum Gasteiger partial charge on any atom is -0.443 e. The standard InChI is InChI=1S/C22H20ClF3N4O2S2.C2H6/c1-22(2,3)32-21(31)30(34-26)20-29-19(13-8-17(13)33-20)12-6-11(4-5-14(12)24)7-15(25)16-9-28-18(23)10-27-16;1-2/h4-7,9-10,13,17,19H,8H2,1-3H3;1-2H3/b15-7-;. The monoisotopic (exact) mass is 558 g/mol. The van der Waals surface area contributed by atoms with E-state index in [1.54, 1.807) is 20.8 Å². The summed E-state index contributed by atoms with van der Waals surface area (Å²) in [5.74, 6) is -1.16. The highest BCUT2D eigenvalue weighted by Gasteiger charge is 2.50. The number of aliphatic imine (C=N–C) groups is 1. The van der Waals surface area contributed by atoms with Crippen LogP contribution in [0.4, 0.5) is 17.5 Å². The van der Waals surface area contributed by atoms with Gasteiger partial charge in [0.2, 0.25) is 0 Å². The highest BCUT2D eigenvalue weighted by molar-refractivity contribution is 8.15. The number of fused-ring (bicyclic) bond motifs is 1. The summed E-state index contributed by atoms with van der Waals surface area (Å²) in [7, 11) is 0. The van der Waals surface area contributed by atoms with Gasteiger partial charge in [0, 0.05) is 10.8 Å². The third-order valence-corrected chi connectivity index (χ3v) is 7.10. The molecule has 6 nitrogen and oxygen atoms in total. The van der Waals surface area contributed by atoms with E-state index in [4.69, 9.17) is 16.3 Å². The van der Waals surface area contributed by atoms with Crippen LogP contribution >= 0.6 is 35.7 Å². The Morgan fingerprint density at radius 3 is 2.61 bits per heavy atom. The molecule has 1 aliphatic carbocycles. The molecular weight excluding hydrogens is 533 g/mol. The summed E-state index contributed by atoms with van der Waals surface area (Å²) in [5.41, 5.74) is -0.207. The molecule has 1 fully saturated rings. The first-order valence-electron chi connectivity index (χ1n) is 11.3. The zero-order chi connectivity index (χ0) is 26.6. The maximum Gasteiger partial charge on any atom is 0.428 e. The number of carbonyl (C=O) groups excluding carboxylic acids is 1. The molecule has 4 rings (SSSR count). The SMILES string of the molecule is CC.CC(C)(C)OC(=O)N(SF)C1=NC(c2cc(/C=C(\F)c3cnc(Cl)cn3)ccc2F)C2CC2S1. The van der Waals surface area contributed by atoms with Gasteiger partial charge >= 0.3 is 6.09 Å². The number of rotatable bonds is 4.